The van der Waals surface area contributed by atoms with Crippen LogP contribution in [0.5, 0.6) is 0 Å². The average Bonchev–Trinajstić information content (AvgIpc) is 3.50. The van der Waals surface area contributed by atoms with Crippen LogP contribution in [0.3, 0.4) is 0 Å². The van der Waals surface area contributed by atoms with Crippen LogP contribution in [0.2, 0.25) is 0 Å². The Kier molecular flexibility index (Phi) is 5.74. The van der Waals surface area contributed by atoms with Gasteiger partial charge in [0.15, 0.2) is 0 Å². The number of carbonyl (C=O) groups excluding carboxylic acids is 1. The molecule has 0 bridgehead atoms. The van der Waals surface area contributed by atoms with Crippen LogP contribution in [-0.4, -0.2) is 17.9 Å². The number of rotatable bonds is 5. The van der Waals surface area contributed by atoms with Gasteiger partial charge in [-0.3, -0.25) is 9.69 Å². The number of fused-ring (bicyclic) bond motifs is 1. The molecule has 170 valence electrons. The number of thiazole rings is 1. The molecule has 2 aromatic carbocycles. The summed E-state index contributed by atoms with van der Waals surface area (Å²) < 4.78 is 28.9. The first-order chi connectivity index (χ1) is 16.5. The molecular weight excluding hydrogens is 478 g/mol. The lowest BCUT2D eigenvalue weighted by molar-refractivity contribution is 0.0968. The summed E-state index contributed by atoms with van der Waals surface area (Å²) in [7, 11) is 1.79. The van der Waals surface area contributed by atoms with E-state index in [-0.39, 0.29) is 17.8 Å². The van der Waals surface area contributed by atoms with E-state index in [2.05, 4.69) is 15.0 Å². The zero-order valence-corrected chi connectivity index (χ0v) is 19.4. The Morgan fingerprint density at radius 1 is 1.15 bits per heavy atom. The van der Waals surface area contributed by atoms with Crippen LogP contribution < -0.4 is 9.80 Å². The molecule has 1 unspecified atom stereocenters. The summed E-state index contributed by atoms with van der Waals surface area (Å²) >= 11 is 2.82. The number of azide groups is 1. The lowest BCUT2D eigenvalue weighted by Crippen LogP contribution is -2.48. The van der Waals surface area contributed by atoms with Crippen LogP contribution >= 0.6 is 22.7 Å². The third kappa shape index (κ3) is 3.79. The Bertz CT molecular complexity index is 1440. The van der Waals surface area contributed by atoms with Crippen molar-refractivity contribution in [3.63, 3.8) is 0 Å². The standard InChI is InChI=1S/C23H16F2N6OS2/c1-30-17-7-6-13(24)10-14(17)23(32)31(18-5-3-2-4-15(18)25)22(30)20-9-8-19(34-20)16-12-33-21(28-16)11-27-29-26/h2-10,12,22H,11H2,1H3. The first-order valence-corrected chi connectivity index (χ1v) is 11.8. The number of hydrogen-bond donors (Lipinski definition) is 0. The molecule has 1 aliphatic rings. The third-order valence-electron chi connectivity index (χ3n) is 5.47. The molecule has 11 heteroatoms. The molecule has 0 saturated carbocycles. The Labute approximate surface area is 201 Å². The van der Waals surface area contributed by atoms with Crippen molar-refractivity contribution in [3.8, 4) is 10.6 Å². The molecule has 1 atom stereocenters. The van der Waals surface area contributed by atoms with Crippen molar-refractivity contribution in [2.45, 2.75) is 12.7 Å². The summed E-state index contributed by atoms with van der Waals surface area (Å²) in [4.78, 5) is 25.7. The highest BCUT2D eigenvalue weighted by Gasteiger charge is 2.40. The Balaban J connectivity index is 1.60. The van der Waals surface area contributed by atoms with Crippen LogP contribution in [0.25, 0.3) is 21.0 Å². The minimum Gasteiger partial charge on any atom is -0.349 e. The van der Waals surface area contributed by atoms with Gasteiger partial charge in [0, 0.05) is 22.2 Å². The van der Waals surface area contributed by atoms with Gasteiger partial charge in [0.25, 0.3) is 5.91 Å². The number of amides is 1. The summed E-state index contributed by atoms with van der Waals surface area (Å²) in [6.45, 7) is 0.174. The van der Waals surface area contributed by atoms with E-state index in [0.29, 0.717) is 10.7 Å². The smallest absolute Gasteiger partial charge is 0.262 e. The second-order valence-electron chi connectivity index (χ2n) is 7.49. The number of nitrogens with zero attached hydrogens (tertiary/aromatic N) is 6. The SMILES string of the molecule is CN1c2ccc(F)cc2C(=O)N(c2ccccc2F)C1c1ccc(-c2csc(CN=[N+]=[N-])n2)s1. The van der Waals surface area contributed by atoms with E-state index in [1.807, 2.05) is 22.4 Å². The van der Waals surface area contributed by atoms with Gasteiger partial charge in [-0.2, -0.15) is 0 Å². The molecule has 0 radical (unpaired) electrons. The number of aromatic nitrogens is 1. The van der Waals surface area contributed by atoms with E-state index in [0.717, 1.165) is 15.4 Å². The van der Waals surface area contributed by atoms with Gasteiger partial charge in [-0.05, 0) is 48.0 Å². The molecule has 0 saturated heterocycles. The molecule has 5 rings (SSSR count). The predicted octanol–water partition coefficient (Wildman–Crippen LogP) is 6.76. The maximum atomic E-state index is 14.9. The second kappa shape index (κ2) is 8.86. The van der Waals surface area contributed by atoms with Gasteiger partial charge in [0.2, 0.25) is 0 Å². The molecule has 0 aliphatic carbocycles. The number of carbonyl (C=O) groups is 1. The lowest BCUT2D eigenvalue weighted by Gasteiger charge is -2.43. The summed E-state index contributed by atoms with van der Waals surface area (Å²) in [5.74, 6) is -1.57. The highest BCUT2D eigenvalue weighted by atomic mass is 32.1. The fourth-order valence-electron chi connectivity index (χ4n) is 3.96. The predicted molar refractivity (Wildman–Crippen MR) is 129 cm³/mol. The van der Waals surface area contributed by atoms with Crippen LogP contribution in [0.1, 0.15) is 26.4 Å². The zero-order valence-electron chi connectivity index (χ0n) is 17.7. The Morgan fingerprint density at radius 2 is 1.97 bits per heavy atom. The van der Waals surface area contributed by atoms with Crippen molar-refractivity contribution in [1.29, 1.82) is 0 Å². The van der Waals surface area contributed by atoms with E-state index < -0.39 is 23.7 Å². The summed E-state index contributed by atoms with van der Waals surface area (Å²) in [6, 6.07) is 13.9. The van der Waals surface area contributed by atoms with Gasteiger partial charge < -0.3 is 4.90 Å². The van der Waals surface area contributed by atoms with E-state index >= 15 is 0 Å². The van der Waals surface area contributed by atoms with Crippen LogP contribution in [-0.2, 0) is 6.54 Å². The van der Waals surface area contributed by atoms with Crippen LogP contribution in [0.4, 0.5) is 20.2 Å². The van der Waals surface area contributed by atoms with E-state index in [1.165, 1.54) is 51.8 Å². The lowest BCUT2D eigenvalue weighted by atomic mass is 10.0. The number of hydrogen-bond acceptors (Lipinski definition) is 6. The normalized spacial score (nSPS) is 15.3. The van der Waals surface area contributed by atoms with E-state index in [4.69, 9.17) is 5.53 Å². The Morgan fingerprint density at radius 3 is 2.76 bits per heavy atom. The summed E-state index contributed by atoms with van der Waals surface area (Å²) in [5.41, 5.74) is 10.1. The zero-order chi connectivity index (χ0) is 23.8. The molecule has 34 heavy (non-hydrogen) atoms. The monoisotopic (exact) mass is 494 g/mol. The highest BCUT2D eigenvalue weighted by molar-refractivity contribution is 7.16. The van der Waals surface area contributed by atoms with Gasteiger partial charge in [-0.25, -0.2) is 13.8 Å². The fourth-order valence-corrected chi connectivity index (χ4v) is 5.85. The maximum Gasteiger partial charge on any atom is 0.262 e. The number of benzene rings is 2. The van der Waals surface area contributed by atoms with Gasteiger partial charge in [0.1, 0.15) is 17.8 Å². The molecule has 4 aromatic rings. The van der Waals surface area contributed by atoms with Crippen molar-refractivity contribution >= 4 is 40.0 Å². The summed E-state index contributed by atoms with van der Waals surface area (Å²) in [6.07, 6.45) is -0.651. The largest absolute Gasteiger partial charge is 0.349 e. The molecule has 1 amide bonds. The first-order valence-electron chi connectivity index (χ1n) is 10.1. The highest BCUT2D eigenvalue weighted by Crippen LogP contribution is 2.44. The van der Waals surface area contributed by atoms with Crippen LogP contribution in [0.15, 0.2) is 65.1 Å². The minimum absolute atomic E-state index is 0.111. The molecule has 1 aliphatic heterocycles. The summed E-state index contributed by atoms with van der Waals surface area (Å²) in [5, 5.41) is 6.11. The van der Waals surface area contributed by atoms with Crippen molar-refractivity contribution < 1.29 is 13.6 Å². The minimum atomic E-state index is -0.651. The number of thiophene rings is 1. The number of halogens is 2. The van der Waals surface area contributed by atoms with E-state index in [1.54, 1.807) is 25.2 Å². The molecule has 7 nitrogen and oxygen atoms in total. The molecular formula is C23H16F2N6OS2. The average molecular weight is 495 g/mol. The maximum absolute atomic E-state index is 14.9. The molecule has 0 fully saturated rings. The van der Waals surface area contributed by atoms with Crippen molar-refractivity contribution in [2.24, 2.45) is 5.11 Å². The van der Waals surface area contributed by atoms with Crippen molar-refractivity contribution in [1.82, 2.24) is 4.98 Å². The van der Waals surface area contributed by atoms with Crippen LogP contribution in [0, 0.1) is 11.6 Å². The quantitative estimate of drug-likeness (QED) is 0.175. The van der Waals surface area contributed by atoms with E-state index in [9.17, 15) is 13.6 Å². The fraction of sp³-hybridized carbons (Fsp3) is 0.130. The van der Waals surface area contributed by atoms with Gasteiger partial charge in [-0.15, -0.1) is 22.7 Å². The van der Waals surface area contributed by atoms with Gasteiger partial charge >= 0.3 is 0 Å². The molecule has 0 N–H and O–H groups in total. The van der Waals surface area contributed by atoms with Crippen molar-refractivity contribution in [3.05, 3.63) is 97.5 Å². The number of anilines is 2. The third-order valence-corrected chi connectivity index (χ3v) is 7.45. The molecule has 0 spiro atoms. The first kappa shape index (κ1) is 22.0. The van der Waals surface area contributed by atoms with Gasteiger partial charge in [0.05, 0.1) is 39.1 Å². The van der Waals surface area contributed by atoms with Crippen molar-refractivity contribution in [2.75, 3.05) is 16.8 Å². The molecule has 3 heterocycles. The second-order valence-corrected chi connectivity index (χ2v) is 9.55. The van der Waals surface area contributed by atoms with Gasteiger partial charge in [-0.1, -0.05) is 17.2 Å². The molecule has 2 aromatic heterocycles. The number of para-hydroxylation sites is 1. The Hall–Kier alpha value is -3.79. The topological polar surface area (TPSA) is 85.2 Å².